The lowest BCUT2D eigenvalue weighted by Gasteiger charge is -2.63. The number of ketones is 2. The first-order valence-electron chi connectivity index (χ1n) is 14.8. The number of unbranched alkanes of at least 4 members (excludes halogenated alkanes) is 2. The maximum Gasteiger partial charge on any atom is 0.325 e. The lowest BCUT2D eigenvalue weighted by molar-refractivity contribution is -0.757. The molecular formula is C30H41ClN2O10. The molecule has 4 rings (SSSR count). The van der Waals surface area contributed by atoms with Gasteiger partial charge in [0, 0.05) is 23.7 Å². The number of nitrogens with one attached hydrogen (secondary N) is 1. The molecule has 0 radical (unpaired) electrons. The van der Waals surface area contributed by atoms with Gasteiger partial charge in [-0.3, -0.25) is 19.2 Å². The zero-order valence-electron chi connectivity index (χ0n) is 24.8. The van der Waals surface area contributed by atoms with Gasteiger partial charge in [-0.1, -0.05) is 44.9 Å². The maximum atomic E-state index is 13.6. The van der Waals surface area contributed by atoms with Gasteiger partial charge in [-0.25, -0.2) is 0 Å². The number of allylic oxidation sites excluding steroid dienone is 4. The standard InChI is InChI=1S/C30H41ClN2O10/c1-18-13-22-21-9-8-19-14-20(34)10-11-27(19,2)29(21,31)23(35)15-28(22,3)30(18,39)24(36)17-42-26(38)16-32-25(37)7-5-4-6-12-43-33(40)41/h8,10-11,18,21-23,35,39H,4-7,9,12-17H2,1-3H3,(H,32,37)/t18-,21-,22-,23-,27-,28-,29-,30-/m0/s1. The van der Waals surface area contributed by atoms with Crippen molar-refractivity contribution in [3.05, 3.63) is 33.9 Å². The van der Waals surface area contributed by atoms with Crippen LogP contribution < -0.4 is 5.32 Å². The zero-order chi connectivity index (χ0) is 31.8. The predicted molar refractivity (Wildman–Crippen MR) is 153 cm³/mol. The second-order valence-corrected chi connectivity index (χ2v) is 13.5. The van der Waals surface area contributed by atoms with Crippen molar-refractivity contribution in [2.75, 3.05) is 19.8 Å². The molecule has 13 heteroatoms. The predicted octanol–water partition coefficient (Wildman–Crippen LogP) is 2.60. The Hall–Kier alpha value is -2.83. The Morgan fingerprint density at radius 2 is 1.93 bits per heavy atom. The second kappa shape index (κ2) is 12.3. The van der Waals surface area contributed by atoms with Crippen LogP contribution in [0, 0.1) is 38.7 Å². The fraction of sp³-hybridized carbons (Fsp3) is 0.733. The Kier molecular flexibility index (Phi) is 9.44. The van der Waals surface area contributed by atoms with E-state index in [2.05, 4.69) is 10.2 Å². The number of fused-ring (bicyclic) bond motifs is 5. The zero-order valence-corrected chi connectivity index (χ0v) is 25.6. The van der Waals surface area contributed by atoms with Crippen molar-refractivity contribution >= 4 is 35.0 Å². The largest absolute Gasteiger partial charge is 0.456 e. The van der Waals surface area contributed by atoms with Crippen LogP contribution in [-0.4, -0.2) is 75.1 Å². The van der Waals surface area contributed by atoms with Gasteiger partial charge in [-0.2, -0.15) is 0 Å². The molecule has 4 aliphatic rings. The minimum Gasteiger partial charge on any atom is -0.456 e. The summed E-state index contributed by atoms with van der Waals surface area (Å²) in [5.41, 5.74) is -2.81. The van der Waals surface area contributed by atoms with Crippen molar-refractivity contribution in [3.8, 4) is 0 Å². The van der Waals surface area contributed by atoms with E-state index in [1.165, 1.54) is 6.08 Å². The van der Waals surface area contributed by atoms with Crippen molar-refractivity contribution in [2.45, 2.75) is 88.7 Å². The van der Waals surface area contributed by atoms with E-state index in [4.69, 9.17) is 16.3 Å². The average Bonchev–Trinajstić information content (AvgIpc) is 3.14. The Labute approximate surface area is 255 Å². The molecule has 43 heavy (non-hydrogen) atoms. The highest BCUT2D eigenvalue weighted by atomic mass is 35.5. The molecule has 0 spiro atoms. The number of hydrogen-bond acceptors (Lipinski definition) is 10. The van der Waals surface area contributed by atoms with Crippen molar-refractivity contribution < 1.29 is 44.1 Å². The van der Waals surface area contributed by atoms with Gasteiger partial charge >= 0.3 is 5.97 Å². The summed E-state index contributed by atoms with van der Waals surface area (Å²) in [6, 6.07) is 0. The van der Waals surface area contributed by atoms with Gasteiger partial charge in [0.05, 0.1) is 17.6 Å². The van der Waals surface area contributed by atoms with Gasteiger partial charge in [-0.15, -0.1) is 21.7 Å². The van der Waals surface area contributed by atoms with E-state index in [0.717, 1.165) is 5.57 Å². The number of halogens is 1. The first-order chi connectivity index (χ1) is 20.1. The Bertz CT molecular complexity index is 1240. The van der Waals surface area contributed by atoms with Crippen LogP contribution >= 0.6 is 11.6 Å². The molecule has 2 fully saturated rings. The van der Waals surface area contributed by atoms with Gasteiger partial charge in [0.2, 0.25) is 11.7 Å². The van der Waals surface area contributed by atoms with Crippen LogP contribution in [0.1, 0.15) is 72.1 Å². The van der Waals surface area contributed by atoms with E-state index in [0.29, 0.717) is 32.1 Å². The fourth-order valence-corrected chi connectivity index (χ4v) is 8.82. The number of esters is 1. The van der Waals surface area contributed by atoms with Gasteiger partial charge < -0.3 is 25.1 Å². The van der Waals surface area contributed by atoms with Gasteiger partial charge in [0.15, 0.2) is 12.4 Å². The minimum atomic E-state index is -1.89. The molecule has 0 aromatic rings. The van der Waals surface area contributed by atoms with Crippen LogP contribution in [0.4, 0.5) is 0 Å². The van der Waals surface area contributed by atoms with Crippen LogP contribution in [0.2, 0.25) is 0 Å². The lowest BCUT2D eigenvalue weighted by Crippen LogP contribution is -2.68. The van der Waals surface area contributed by atoms with Gasteiger partial charge in [-0.05, 0) is 55.9 Å². The van der Waals surface area contributed by atoms with Crippen LogP contribution in [0.25, 0.3) is 0 Å². The quantitative estimate of drug-likeness (QED) is 0.0728. The van der Waals surface area contributed by atoms with E-state index in [1.807, 2.05) is 13.0 Å². The smallest absolute Gasteiger partial charge is 0.325 e. The van der Waals surface area contributed by atoms with Crippen molar-refractivity contribution in [1.82, 2.24) is 5.32 Å². The highest BCUT2D eigenvalue weighted by Crippen LogP contribution is 2.70. The molecule has 0 aliphatic heterocycles. The van der Waals surface area contributed by atoms with Crippen LogP contribution in [-0.2, 0) is 28.8 Å². The molecule has 0 aromatic carbocycles. The third kappa shape index (κ3) is 5.62. The molecule has 1 amide bonds. The van der Waals surface area contributed by atoms with Gasteiger partial charge in [0.1, 0.15) is 12.1 Å². The minimum absolute atomic E-state index is 0.0147. The molecule has 0 unspecified atom stereocenters. The lowest BCUT2D eigenvalue weighted by atomic mass is 9.46. The second-order valence-electron chi connectivity index (χ2n) is 12.9. The fourth-order valence-electron chi connectivity index (χ4n) is 8.32. The van der Waals surface area contributed by atoms with Crippen molar-refractivity contribution in [3.63, 3.8) is 0 Å². The van der Waals surface area contributed by atoms with E-state index in [-0.39, 0.29) is 43.5 Å². The number of carbonyl (C=O) groups excluding carboxylic acids is 4. The molecule has 2 saturated carbocycles. The van der Waals surface area contributed by atoms with E-state index < -0.39 is 69.2 Å². The molecule has 4 aliphatic carbocycles. The Balaban J connectivity index is 1.36. The number of nitrogens with zero attached hydrogens (tertiary/aromatic N) is 1. The number of alkyl halides is 1. The molecular weight excluding hydrogens is 584 g/mol. The highest BCUT2D eigenvalue weighted by molar-refractivity contribution is 6.26. The van der Waals surface area contributed by atoms with Gasteiger partial charge in [0.25, 0.3) is 5.09 Å². The molecule has 0 aromatic heterocycles. The number of Topliss-reactive ketones (excluding diaryl/α,β-unsaturated/α-hetero) is 1. The number of ether oxygens (including phenoxy) is 1. The molecule has 8 atom stereocenters. The molecule has 12 nitrogen and oxygen atoms in total. The van der Waals surface area contributed by atoms with E-state index in [9.17, 15) is 39.5 Å². The molecule has 3 N–H and O–H groups in total. The van der Waals surface area contributed by atoms with Crippen LogP contribution in [0.15, 0.2) is 23.8 Å². The molecule has 238 valence electrons. The third-order valence-corrected chi connectivity index (χ3v) is 11.6. The maximum absolute atomic E-state index is 13.6. The number of hydrogen-bond donors (Lipinski definition) is 3. The monoisotopic (exact) mass is 624 g/mol. The Morgan fingerprint density at radius 3 is 2.63 bits per heavy atom. The van der Waals surface area contributed by atoms with Crippen molar-refractivity contribution in [1.29, 1.82) is 0 Å². The highest BCUT2D eigenvalue weighted by Gasteiger charge is 2.74. The normalized spacial score (nSPS) is 37.8. The summed E-state index contributed by atoms with van der Waals surface area (Å²) in [6.45, 7) is 4.32. The summed E-state index contributed by atoms with van der Waals surface area (Å²) in [5, 5.41) is 35.4. The number of rotatable bonds is 12. The summed E-state index contributed by atoms with van der Waals surface area (Å²) in [7, 11) is 0. The molecule has 0 saturated heterocycles. The summed E-state index contributed by atoms with van der Waals surface area (Å²) >= 11 is 7.41. The average molecular weight is 625 g/mol. The third-order valence-electron chi connectivity index (χ3n) is 10.6. The number of aliphatic hydroxyl groups is 2. The summed E-state index contributed by atoms with van der Waals surface area (Å²) < 4.78 is 5.15. The summed E-state index contributed by atoms with van der Waals surface area (Å²) in [6.07, 6.45) is 7.04. The molecule has 0 bridgehead atoms. The van der Waals surface area contributed by atoms with E-state index >= 15 is 0 Å². The summed E-state index contributed by atoms with van der Waals surface area (Å²) in [5.74, 6) is -2.94. The first-order valence-corrected chi connectivity index (χ1v) is 15.2. The summed E-state index contributed by atoms with van der Waals surface area (Å²) in [4.78, 5) is 63.2. The number of carbonyl (C=O) groups is 4. The number of amides is 1. The van der Waals surface area contributed by atoms with Crippen LogP contribution in [0.3, 0.4) is 0 Å². The molecule has 0 heterocycles. The van der Waals surface area contributed by atoms with Crippen LogP contribution in [0.5, 0.6) is 0 Å². The van der Waals surface area contributed by atoms with Crippen molar-refractivity contribution in [2.24, 2.45) is 28.6 Å². The topological polar surface area (TPSA) is 182 Å². The first kappa shape index (κ1) is 33.1. The Morgan fingerprint density at radius 1 is 1.21 bits per heavy atom. The SMILES string of the molecule is C[C@H]1C[C@H]2[C@@H]3CC=C4CC(=O)C=C[C@]4(C)[C@@]3(Cl)[C@@H](O)C[C@]2(C)[C@@]1(O)C(=O)COC(=O)CNC(=O)CCCCCO[N+](=O)[O-]. The number of aliphatic hydroxyl groups excluding tert-OH is 1. The van der Waals surface area contributed by atoms with E-state index in [1.54, 1.807) is 19.9 Å².